The number of rotatable bonds is 13. The number of hydrogen-bond donors (Lipinski definition) is 2. The lowest BCUT2D eigenvalue weighted by Crippen LogP contribution is -2.37. The molecule has 3 amide bonds. The first-order chi connectivity index (χ1) is 21.6. The van der Waals surface area contributed by atoms with Crippen molar-refractivity contribution in [3.8, 4) is 5.75 Å². The summed E-state index contributed by atoms with van der Waals surface area (Å²) in [6, 6.07) is 10.1. The molecule has 0 aliphatic rings. The third kappa shape index (κ3) is 8.60. The van der Waals surface area contributed by atoms with Crippen molar-refractivity contribution < 1.29 is 23.9 Å². The second kappa shape index (κ2) is 15.8. The third-order valence-corrected chi connectivity index (χ3v) is 8.39. The Balaban J connectivity index is 1.32. The van der Waals surface area contributed by atoms with Crippen molar-refractivity contribution in [2.24, 2.45) is 0 Å². The number of anilines is 1. The van der Waals surface area contributed by atoms with Gasteiger partial charge in [-0.15, -0.1) is 0 Å². The molecule has 0 aliphatic heterocycles. The summed E-state index contributed by atoms with van der Waals surface area (Å²) in [5.74, 6) is -0.645. The molecular formula is C31H31BrCl2N6O5. The molecule has 11 nitrogen and oxygen atoms in total. The molecular weight excluding hydrogens is 687 g/mol. The highest BCUT2D eigenvalue weighted by atomic mass is 79.9. The number of imidazole rings is 1. The van der Waals surface area contributed by atoms with E-state index >= 15 is 0 Å². The minimum atomic E-state index is -0.483. The minimum Gasteiger partial charge on any atom is -0.485 e. The molecule has 3 aromatic heterocycles. The number of carbonyl (C=O) groups is 3. The van der Waals surface area contributed by atoms with Crippen LogP contribution in [0.4, 0.5) is 5.69 Å². The van der Waals surface area contributed by atoms with E-state index in [1.807, 2.05) is 23.6 Å². The molecule has 0 fully saturated rings. The summed E-state index contributed by atoms with van der Waals surface area (Å²) < 4.78 is 13.7. The van der Waals surface area contributed by atoms with Crippen LogP contribution in [0, 0.1) is 6.92 Å². The van der Waals surface area contributed by atoms with Crippen molar-refractivity contribution in [1.29, 1.82) is 0 Å². The van der Waals surface area contributed by atoms with Gasteiger partial charge in [0.25, 0.3) is 5.91 Å². The summed E-state index contributed by atoms with van der Waals surface area (Å²) in [5, 5.41) is 5.94. The number of hydrogen-bond acceptors (Lipinski definition) is 7. The van der Waals surface area contributed by atoms with Gasteiger partial charge in [-0.2, -0.15) is 0 Å². The van der Waals surface area contributed by atoms with Crippen LogP contribution < -0.4 is 20.3 Å². The Labute approximate surface area is 278 Å². The smallest absolute Gasteiger partial charge is 0.269 e. The van der Waals surface area contributed by atoms with Gasteiger partial charge < -0.3 is 25.0 Å². The predicted octanol–water partition coefficient (Wildman–Crippen LogP) is 5.24. The Morgan fingerprint density at radius 3 is 2.67 bits per heavy atom. The highest BCUT2D eigenvalue weighted by molar-refractivity contribution is 9.10. The first kappa shape index (κ1) is 33.9. The Bertz CT molecular complexity index is 1730. The Kier molecular flexibility index (Phi) is 11.9. The lowest BCUT2D eigenvalue weighted by molar-refractivity contribution is -0.122. The number of aromatic nitrogens is 3. The van der Waals surface area contributed by atoms with Crippen LogP contribution in [0.1, 0.15) is 33.7 Å². The fourth-order valence-electron chi connectivity index (χ4n) is 4.16. The molecule has 4 rings (SSSR count). The van der Waals surface area contributed by atoms with E-state index in [1.54, 1.807) is 44.5 Å². The minimum absolute atomic E-state index is 0.0349. The number of carbonyl (C=O) groups excluding carboxylic acids is 3. The monoisotopic (exact) mass is 716 g/mol. The molecule has 1 aromatic carbocycles. The van der Waals surface area contributed by atoms with Gasteiger partial charge in [0.1, 0.15) is 16.9 Å². The van der Waals surface area contributed by atoms with E-state index in [2.05, 4.69) is 36.5 Å². The molecule has 4 aromatic rings. The van der Waals surface area contributed by atoms with Gasteiger partial charge in [-0.25, -0.2) is 4.98 Å². The summed E-state index contributed by atoms with van der Waals surface area (Å²) in [6.07, 6.45) is 6.85. The zero-order chi connectivity index (χ0) is 32.5. The van der Waals surface area contributed by atoms with Crippen LogP contribution >= 0.6 is 39.1 Å². The number of benzene rings is 1. The number of nitrogens with zero attached hydrogens (tertiary/aromatic N) is 4. The van der Waals surface area contributed by atoms with Crippen LogP contribution in [0.15, 0.2) is 59.5 Å². The van der Waals surface area contributed by atoms with E-state index < -0.39 is 11.8 Å². The zero-order valence-electron chi connectivity index (χ0n) is 24.8. The maximum atomic E-state index is 12.9. The Morgan fingerprint density at radius 2 is 1.93 bits per heavy atom. The van der Waals surface area contributed by atoms with Crippen LogP contribution in [0.3, 0.4) is 0 Å². The molecule has 0 saturated heterocycles. The van der Waals surface area contributed by atoms with E-state index in [0.29, 0.717) is 52.8 Å². The highest BCUT2D eigenvalue weighted by Crippen LogP contribution is 2.35. The number of methoxy groups -OCH3 is 1. The summed E-state index contributed by atoms with van der Waals surface area (Å²) in [7, 11) is 3.15. The van der Waals surface area contributed by atoms with Crippen molar-refractivity contribution in [3.63, 3.8) is 0 Å². The van der Waals surface area contributed by atoms with Crippen LogP contribution in [0.25, 0.3) is 11.7 Å². The lowest BCUT2D eigenvalue weighted by atomic mass is 10.2. The van der Waals surface area contributed by atoms with Crippen LogP contribution in [-0.4, -0.2) is 65.9 Å². The average Bonchev–Trinajstić information content (AvgIpc) is 3.34. The molecule has 0 radical (unpaired) electrons. The van der Waals surface area contributed by atoms with Gasteiger partial charge in [-0.3, -0.25) is 23.8 Å². The van der Waals surface area contributed by atoms with Gasteiger partial charge in [0, 0.05) is 56.4 Å². The molecule has 0 aliphatic carbocycles. The highest BCUT2D eigenvalue weighted by Gasteiger charge is 2.20. The molecule has 0 unspecified atom stereocenters. The number of fused-ring (bicyclic) bond motifs is 1. The quantitative estimate of drug-likeness (QED) is 0.143. The SMILES string of the molecule is COCCCNC(=O)c1ccc(/C=C/C(=O)NCC(=O)N(C)c2ccc(Cl)c(COc3cccn4c(Br)c(C)nc34)c2Cl)cn1. The number of ether oxygens (including phenoxy) is 2. The maximum absolute atomic E-state index is 12.9. The zero-order valence-corrected chi connectivity index (χ0v) is 27.9. The van der Waals surface area contributed by atoms with Crippen LogP contribution in [0.5, 0.6) is 5.75 Å². The van der Waals surface area contributed by atoms with Crippen molar-refractivity contribution in [1.82, 2.24) is 25.0 Å². The number of likely N-dealkylation sites (N-methyl/N-ethyl adjacent to an activating group) is 1. The summed E-state index contributed by atoms with van der Waals surface area (Å²) in [4.78, 5) is 47.5. The molecule has 0 bridgehead atoms. The molecule has 14 heteroatoms. The van der Waals surface area contributed by atoms with Crippen LogP contribution in [0.2, 0.25) is 10.0 Å². The average molecular weight is 718 g/mol. The molecule has 3 heterocycles. The first-order valence-electron chi connectivity index (χ1n) is 13.8. The fraction of sp³-hybridized carbons (Fsp3) is 0.258. The second-order valence-corrected chi connectivity index (χ2v) is 11.3. The number of pyridine rings is 2. The number of amides is 3. The molecule has 0 atom stereocenters. The van der Waals surface area contributed by atoms with E-state index in [0.717, 1.165) is 10.3 Å². The Hall–Kier alpha value is -3.97. The van der Waals surface area contributed by atoms with Crippen molar-refractivity contribution in [2.75, 3.05) is 38.8 Å². The summed E-state index contributed by atoms with van der Waals surface area (Å²) in [6.45, 7) is 2.67. The lowest BCUT2D eigenvalue weighted by Gasteiger charge is -2.21. The van der Waals surface area contributed by atoms with E-state index in [9.17, 15) is 14.4 Å². The maximum Gasteiger partial charge on any atom is 0.269 e. The molecule has 2 N–H and O–H groups in total. The standard InChI is InChI=1S/C31H31BrCl2N6O5/c1-19-29(32)40-14-4-6-25(30(40)38-19)45-18-21-22(33)9-11-24(28(21)34)39(2)27(42)17-37-26(41)12-8-20-7-10-23(36-16-20)31(43)35-13-5-15-44-3/h4,6-12,14,16H,5,13,15,17-18H2,1-3H3,(H,35,43)(H,37,41)/b12-8+. The summed E-state index contributed by atoms with van der Waals surface area (Å²) >= 11 is 16.7. The van der Waals surface area contributed by atoms with Crippen LogP contribution in [-0.2, 0) is 20.9 Å². The van der Waals surface area contributed by atoms with Crippen molar-refractivity contribution in [3.05, 3.63) is 92.0 Å². The van der Waals surface area contributed by atoms with Gasteiger partial charge in [0.05, 0.1) is 22.9 Å². The molecule has 0 saturated carbocycles. The van der Waals surface area contributed by atoms with E-state index in [1.165, 1.54) is 23.2 Å². The second-order valence-electron chi connectivity index (χ2n) is 9.78. The Morgan fingerprint density at radius 1 is 1.13 bits per heavy atom. The molecule has 236 valence electrons. The largest absolute Gasteiger partial charge is 0.485 e. The van der Waals surface area contributed by atoms with Gasteiger partial charge >= 0.3 is 0 Å². The van der Waals surface area contributed by atoms with Gasteiger partial charge in [-0.05, 0) is 71.2 Å². The first-order valence-corrected chi connectivity index (χ1v) is 15.3. The molecule has 45 heavy (non-hydrogen) atoms. The molecule has 0 spiro atoms. The number of halogens is 3. The number of aryl methyl sites for hydroxylation is 1. The van der Waals surface area contributed by atoms with Gasteiger partial charge in [0.2, 0.25) is 11.8 Å². The summed E-state index contributed by atoms with van der Waals surface area (Å²) in [5.41, 5.74) is 3.22. The van der Waals surface area contributed by atoms with E-state index in [-0.39, 0.29) is 29.8 Å². The van der Waals surface area contributed by atoms with Crippen molar-refractivity contribution >= 4 is 74.3 Å². The topological polar surface area (TPSA) is 127 Å². The van der Waals surface area contributed by atoms with Gasteiger partial charge in [0.15, 0.2) is 11.4 Å². The normalized spacial score (nSPS) is 11.2. The fourth-order valence-corrected chi connectivity index (χ4v) is 5.14. The number of nitrogens with one attached hydrogen (secondary N) is 2. The van der Waals surface area contributed by atoms with E-state index in [4.69, 9.17) is 32.7 Å². The van der Waals surface area contributed by atoms with Gasteiger partial charge in [-0.1, -0.05) is 29.3 Å². The van der Waals surface area contributed by atoms with Crippen molar-refractivity contribution in [2.45, 2.75) is 20.0 Å². The third-order valence-electron chi connectivity index (χ3n) is 6.66. The predicted molar refractivity (Wildman–Crippen MR) is 177 cm³/mol.